The third kappa shape index (κ3) is 5.12. The maximum Gasteiger partial charge on any atom is 0.306 e. The number of aliphatic carboxylic acids is 1. The Bertz CT molecular complexity index is 408. The first-order chi connectivity index (χ1) is 9.72. The summed E-state index contributed by atoms with van der Waals surface area (Å²) in [6.07, 6.45) is 1.12. The number of carboxylic acids is 1. The van der Waals surface area contributed by atoms with Crippen molar-refractivity contribution in [2.24, 2.45) is 11.8 Å². The predicted octanol–water partition coefficient (Wildman–Crippen LogP) is 0.901. The monoisotopic (exact) mass is 298 g/mol. The van der Waals surface area contributed by atoms with Gasteiger partial charge in [0.2, 0.25) is 5.91 Å². The van der Waals surface area contributed by atoms with Gasteiger partial charge in [-0.25, -0.2) is 0 Å². The van der Waals surface area contributed by atoms with Gasteiger partial charge in [-0.1, -0.05) is 13.8 Å². The van der Waals surface area contributed by atoms with Crippen molar-refractivity contribution in [2.45, 2.75) is 52.6 Å². The number of nitrogens with one attached hydrogen (secondary N) is 1. The first-order valence-electron chi connectivity index (χ1n) is 7.49. The summed E-state index contributed by atoms with van der Waals surface area (Å²) in [6.45, 7) is 8.02. The van der Waals surface area contributed by atoms with E-state index in [2.05, 4.69) is 5.32 Å². The minimum Gasteiger partial charge on any atom is -0.481 e. The lowest BCUT2D eigenvalue weighted by Crippen LogP contribution is -2.51. The Morgan fingerprint density at radius 2 is 1.95 bits per heavy atom. The predicted molar refractivity (Wildman–Crippen MR) is 78.8 cm³/mol. The molecule has 3 atom stereocenters. The lowest BCUT2D eigenvalue weighted by atomic mass is 9.92. The van der Waals surface area contributed by atoms with Crippen molar-refractivity contribution in [2.75, 3.05) is 13.1 Å². The average Bonchev–Trinajstić information content (AvgIpc) is 2.37. The van der Waals surface area contributed by atoms with Crippen LogP contribution >= 0.6 is 0 Å². The van der Waals surface area contributed by atoms with Crippen molar-refractivity contribution < 1.29 is 19.5 Å². The Labute approximate surface area is 125 Å². The van der Waals surface area contributed by atoms with Crippen LogP contribution in [-0.2, 0) is 14.4 Å². The van der Waals surface area contributed by atoms with Crippen molar-refractivity contribution in [1.82, 2.24) is 10.2 Å². The van der Waals surface area contributed by atoms with Gasteiger partial charge < -0.3 is 10.4 Å². The second kappa shape index (κ2) is 7.54. The maximum absolute atomic E-state index is 12.1. The molecule has 0 spiro atoms. The molecule has 2 N–H and O–H groups in total. The zero-order valence-electron chi connectivity index (χ0n) is 13.3. The van der Waals surface area contributed by atoms with Crippen LogP contribution in [0.4, 0.5) is 0 Å². The summed E-state index contributed by atoms with van der Waals surface area (Å²) in [5, 5.41) is 11.8. The highest BCUT2D eigenvalue weighted by atomic mass is 16.4. The number of piperidine rings is 1. The molecule has 0 aromatic heterocycles. The number of carboxylic acid groups (broad SMARTS) is 1. The van der Waals surface area contributed by atoms with E-state index in [0.29, 0.717) is 19.4 Å². The third-order valence-electron chi connectivity index (χ3n) is 4.13. The topological polar surface area (TPSA) is 86.7 Å². The zero-order valence-corrected chi connectivity index (χ0v) is 13.3. The van der Waals surface area contributed by atoms with E-state index in [-0.39, 0.29) is 36.1 Å². The van der Waals surface area contributed by atoms with E-state index in [4.69, 9.17) is 5.11 Å². The lowest BCUT2D eigenvalue weighted by molar-refractivity contribution is -0.144. The highest BCUT2D eigenvalue weighted by Crippen LogP contribution is 2.22. The van der Waals surface area contributed by atoms with Crippen LogP contribution in [0.3, 0.4) is 0 Å². The Balaban J connectivity index is 2.52. The van der Waals surface area contributed by atoms with Gasteiger partial charge in [-0.2, -0.15) is 0 Å². The van der Waals surface area contributed by atoms with Gasteiger partial charge in [-0.3, -0.25) is 19.3 Å². The van der Waals surface area contributed by atoms with Gasteiger partial charge in [0.15, 0.2) is 5.78 Å². The van der Waals surface area contributed by atoms with Crippen molar-refractivity contribution >= 4 is 17.7 Å². The van der Waals surface area contributed by atoms with Crippen LogP contribution < -0.4 is 5.32 Å². The molecule has 1 fully saturated rings. The van der Waals surface area contributed by atoms with Gasteiger partial charge in [0, 0.05) is 6.04 Å². The van der Waals surface area contributed by atoms with E-state index < -0.39 is 12.0 Å². The number of amides is 1. The van der Waals surface area contributed by atoms with Crippen molar-refractivity contribution in [3.63, 3.8) is 0 Å². The van der Waals surface area contributed by atoms with Gasteiger partial charge in [-0.15, -0.1) is 0 Å². The normalized spacial score (nSPS) is 24.6. The molecular weight excluding hydrogens is 272 g/mol. The smallest absolute Gasteiger partial charge is 0.306 e. The first kappa shape index (κ1) is 17.6. The number of carbonyl (C=O) groups excluding carboxylic acids is 2. The van der Waals surface area contributed by atoms with Crippen molar-refractivity contribution in [1.29, 1.82) is 0 Å². The van der Waals surface area contributed by atoms with Crippen LogP contribution in [0.2, 0.25) is 0 Å². The van der Waals surface area contributed by atoms with Crippen LogP contribution in [0, 0.1) is 11.8 Å². The minimum absolute atomic E-state index is 0.0454. The van der Waals surface area contributed by atoms with Gasteiger partial charge in [0.25, 0.3) is 0 Å². The van der Waals surface area contributed by atoms with E-state index in [1.807, 2.05) is 25.7 Å². The van der Waals surface area contributed by atoms with E-state index in [1.54, 1.807) is 0 Å². The summed E-state index contributed by atoms with van der Waals surface area (Å²) in [6, 6.07) is -0.398. The molecule has 0 bridgehead atoms. The van der Waals surface area contributed by atoms with Crippen LogP contribution in [0.1, 0.15) is 40.5 Å². The van der Waals surface area contributed by atoms with Crippen LogP contribution in [0.25, 0.3) is 0 Å². The summed E-state index contributed by atoms with van der Waals surface area (Å²) in [5.41, 5.74) is 0. The zero-order chi connectivity index (χ0) is 16.2. The first-order valence-corrected chi connectivity index (χ1v) is 7.49. The number of nitrogens with zero attached hydrogens (tertiary/aromatic N) is 1. The Morgan fingerprint density at radius 1 is 1.33 bits per heavy atom. The van der Waals surface area contributed by atoms with E-state index >= 15 is 0 Å². The Kier molecular flexibility index (Phi) is 6.33. The number of carbonyl (C=O) groups is 3. The molecule has 6 heteroatoms. The van der Waals surface area contributed by atoms with E-state index in [9.17, 15) is 14.4 Å². The molecule has 0 saturated carbocycles. The lowest BCUT2D eigenvalue weighted by Gasteiger charge is -2.36. The molecule has 1 rings (SSSR count). The maximum atomic E-state index is 12.1. The molecule has 3 unspecified atom stereocenters. The molecule has 1 aliphatic rings. The summed E-state index contributed by atoms with van der Waals surface area (Å²) >= 11 is 0. The summed E-state index contributed by atoms with van der Waals surface area (Å²) in [7, 11) is 0. The quantitative estimate of drug-likeness (QED) is 0.761. The fraction of sp³-hybridized carbons (Fsp3) is 0.800. The molecule has 1 saturated heterocycles. The van der Waals surface area contributed by atoms with Gasteiger partial charge in [0.05, 0.1) is 18.5 Å². The van der Waals surface area contributed by atoms with Crippen LogP contribution in [0.15, 0.2) is 0 Å². The third-order valence-corrected chi connectivity index (χ3v) is 4.13. The molecular formula is C15H26N2O4. The summed E-state index contributed by atoms with van der Waals surface area (Å²) < 4.78 is 0. The Hall–Kier alpha value is -1.43. The molecule has 120 valence electrons. The molecule has 0 aromatic carbocycles. The van der Waals surface area contributed by atoms with E-state index in [0.717, 1.165) is 0 Å². The number of likely N-dealkylation sites (tertiary alicyclic amines) is 1. The number of Topliss-reactive ketones (excluding diaryl/α,β-unsaturated/α-hetero) is 1. The van der Waals surface area contributed by atoms with E-state index in [1.165, 1.54) is 6.92 Å². The van der Waals surface area contributed by atoms with Crippen LogP contribution in [-0.4, -0.2) is 52.8 Å². The van der Waals surface area contributed by atoms with Gasteiger partial charge >= 0.3 is 5.97 Å². The molecule has 1 aliphatic heterocycles. The average molecular weight is 298 g/mol. The molecule has 1 heterocycles. The SMILES string of the molecule is CC(=O)C(NC(=O)CN1CCC(C(=O)O)CC1C)C(C)C. The number of rotatable bonds is 6. The van der Waals surface area contributed by atoms with Crippen molar-refractivity contribution in [3.05, 3.63) is 0 Å². The summed E-state index contributed by atoms with van der Waals surface area (Å²) in [5.74, 6) is -1.25. The highest BCUT2D eigenvalue weighted by Gasteiger charge is 2.31. The molecule has 6 nitrogen and oxygen atoms in total. The minimum atomic E-state index is -0.762. The van der Waals surface area contributed by atoms with Gasteiger partial charge in [-0.05, 0) is 39.2 Å². The Morgan fingerprint density at radius 3 is 2.38 bits per heavy atom. The van der Waals surface area contributed by atoms with Gasteiger partial charge in [0.1, 0.15) is 0 Å². The highest BCUT2D eigenvalue weighted by molar-refractivity contribution is 5.88. The molecule has 0 aliphatic carbocycles. The molecule has 0 radical (unpaired) electrons. The fourth-order valence-corrected chi connectivity index (χ4v) is 2.82. The largest absolute Gasteiger partial charge is 0.481 e. The molecule has 21 heavy (non-hydrogen) atoms. The standard InChI is InChI=1S/C15H26N2O4/c1-9(2)14(11(4)18)16-13(19)8-17-6-5-12(15(20)21)7-10(17)3/h9-10,12,14H,5-8H2,1-4H3,(H,16,19)(H,20,21). The second-order valence-electron chi connectivity index (χ2n) is 6.28. The molecule has 0 aromatic rings. The second-order valence-corrected chi connectivity index (χ2v) is 6.28. The van der Waals surface area contributed by atoms with Crippen molar-refractivity contribution in [3.8, 4) is 0 Å². The fourth-order valence-electron chi connectivity index (χ4n) is 2.82. The number of hydrogen-bond donors (Lipinski definition) is 2. The van der Waals surface area contributed by atoms with Crippen LogP contribution in [0.5, 0.6) is 0 Å². The molecule has 1 amide bonds. The number of ketones is 1. The summed E-state index contributed by atoms with van der Waals surface area (Å²) in [4.78, 5) is 36.5. The number of hydrogen-bond acceptors (Lipinski definition) is 4.